The molecule has 0 radical (unpaired) electrons. The SMILES string of the molecule is O=C(Cn1c(=O)c(=O)n(Cc2ccccc2)c2ccc(Cl)cc21)NC1CCCCCCC1. The van der Waals surface area contributed by atoms with Crippen molar-refractivity contribution in [3.05, 3.63) is 79.8 Å². The maximum absolute atomic E-state index is 13.0. The van der Waals surface area contributed by atoms with Gasteiger partial charge in [0.2, 0.25) is 5.91 Å². The van der Waals surface area contributed by atoms with Crippen LogP contribution in [0.1, 0.15) is 50.5 Å². The highest BCUT2D eigenvalue weighted by molar-refractivity contribution is 6.31. The van der Waals surface area contributed by atoms with Crippen LogP contribution in [0.25, 0.3) is 11.0 Å². The topological polar surface area (TPSA) is 73.1 Å². The lowest BCUT2D eigenvalue weighted by atomic mass is 9.97. The Morgan fingerprint density at radius 1 is 0.875 bits per heavy atom. The van der Waals surface area contributed by atoms with E-state index in [2.05, 4.69) is 5.32 Å². The number of fused-ring (bicyclic) bond motifs is 1. The van der Waals surface area contributed by atoms with E-state index in [1.165, 1.54) is 28.4 Å². The van der Waals surface area contributed by atoms with E-state index in [-0.39, 0.29) is 25.0 Å². The molecule has 2 aromatic carbocycles. The molecule has 7 heteroatoms. The van der Waals surface area contributed by atoms with E-state index in [9.17, 15) is 14.4 Å². The van der Waals surface area contributed by atoms with Gasteiger partial charge >= 0.3 is 11.1 Å². The predicted octanol–water partition coefficient (Wildman–Crippen LogP) is 4.09. The number of hydrogen-bond donors (Lipinski definition) is 1. The van der Waals surface area contributed by atoms with Gasteiger partial charge in [0.25, 0.3) is 0 Å². The zero-order valence-corrected chi connectivity index (χ0v) is 18.8. The number of halogens is 1. The molecule has 6 nitrogen and oxygen atoms in total. The number of aromatic nitrogens is 2. The average Bonchev–Trinajstić information content (AvgIpc) is 2.77. The van der Waals surface area contributed by atoms with Gasteiger partial charge in [0.15, 0.2) is 0 Å². The Bertz CT molecular complexity index is 1210. The summed E-state index contributed by atoms with van der Waals surface area (Å²) in [5, 5.41) is 3.52. The standard InChI is InChI=1S/C25H28ClN3O3/c26-19-13-14-21-22(15-19)29(17-23(30)27-20-11-7-2-1-3-8-12-20)25(32)24(31)28(21)16-18-9-5-4-6-10-18/h4-6,9-10,13-15,20H,1-3,7-8,11-12,16-17H2,(H,27,30). The van der Waals surface area contributed by atoms with Gasteiger partial charge in [0.05, 0.1) is 17.6 Å². The summed E-state index contributed by atoms with van der Waals surface area (Å²) >= 11 is 6.22. The summed E-state index contributed by atoms with van der Waals surface area (Å²) in [6, 6.07) is 14.7. The summed E-state index contributed by atoms with van der Waals surface area (Å²) in [6.07, 6.45) is 7.72. The monoisotopic (exact) mass is 453 g/mol. The van der Waals surface area contributed by atoms with Crippen molar-refractivity contribution in [2.24, 2.45) is 0 Å². The summed E-state index contributed by atoms with van der Waals surface area (Å²) < 4.78 is 2.70. The van der Waals surface area contributed by atoms with Crippen LogP contribution < -0.4 is 16.4 Å². The van der Waals surface area contributed by atoms with Gasteiger partial charge < -0.3 is 5.32 Å². The van der Waals surface area contributed by atoms with Crippen molar-refractivity contribution in [2.75, 3.05) is 0 Å². The second-order valence-electron chi connectivity index (χ2n) is 8.51. The molecule has 0 unspecified atom stereocenters. The van der Waals surface area contributed by atoms with E-state index in [0.29, 0.717) is 16.1 Å². The lowest BCUT2D eigenvalue weighted by Gasteiger charge is -2.22. The first kappa shape index (κ1) is 22.3. The van der Waals surface area contributed by atoms with Crippen LogP contribution in [0.4, 0.5) is 0 Å². The van der Waals surface area contributed by atoms with Crippen molar-refractivity contribution in [1.82, 2.24) is 14.5 Å². The molecule has 0 bridgehead atoms. The Morgan fingerprint density at radius 2 is 1.53 bits per heavy atom. The third-order valence-electron chi connectivity index (χ3n) is 6.15. The van der Waals surface area contributed by atoms with E-state index in [1.54, 1.807) is 18.2 Å². The molecule has 1 aliphatic rings. The zero-order chi connectivity index (χ0) is 22.5. The van der Waals surface area contributed by atoms with Gasteiger partial charge in [-0.25, -0.2) is 0 Å². The van der Waals surface area contributed by atoms with Crippen molar-refractivity contribution in [1.29, 1.82) is 0 Å². The van der Waals surface area contributed by atoms with Crippen molar-refractivity contribution in [3.8, 4) is 0 Å². The Labute approximate surface area is 191 Å². The molecule has 1 aliphatic carbocycles. The van der Waals surface area contributed by atoms with Crippen LogP contribution in [0.3, 0.4) is 0 Å². The molecule has 0 aliphatic heterocycles. The minimum atomic E-state index is -0.719. The maximum atomic E-state index is 13.0. The van der Waals surface area contributed by atoms with Crippen LogP contribution in [0.2, 0.25) is 5.02 Å². The molecule has 1 amide bonds. The third-order valence-corrected chi connectivity index (χ3v) is 6.38. The summed E-state index contributed by atoms with van der Waals surface area (Å²) in [5.41, 5.74) is 0.587. The first-order chi connectivity index (χ1) is 15.5. The molecule has 1 saturated carbocycles. The van der Waals surface area contributed by atoms with E-state index >= 15 is 0 Å². The van der Waals surface area contributed by atoms with Crippen molar-refractivity contribution < 1.29 is 4.79 Å². The Balaban J connectivity index is 1.67. The molecule has 3 aromatic rings. The highest BCUT2D eigenvalue weighted by atomic mass is 35.5. The second kappa shape index (κ2) is 10.2. The number of carbonyl (C=O) groups excluding carboxylic acids is 1. The minimum Gasteiger partial charge on any atom is -0.352 e. The predicted molar refractivity (Wildman–Crippen MR) is 127 cm³/mol. The molecule has 0 saturated heterocycles. The summed E-state index contributed by atoms with van der Waals surface area (Å²) in [7, 11) is 0. The summed E-state index contributed by atoms with van der Waals surface area (Å²) in [5.74, 6) is -0.251. The number of hydrogen-bond acceptors (Lipinski definition) is 3. The molecule has 32 heavy (non-hydrogen) atoms. The number of nitrogens with one attached hydrogen (secondary N) is 1. The van der Waals surface area contributed by atoms with Crippen LogP contribution in [0, 0.1) is 0 Å². The fourth-order valence-electron chi connectivity index (χ4n) is 4.49. The average molecular weight is 454 g/mol. The van der Waals surface area contributed by atoms with E-state index in [4.69, 9.17) is 11.6 Å². The van der Waals surface area contributed by atoms with E-state index < -0.39 is 11.1 Å². The van der Waals surface area contributed by atoms with Gasteiger partial charge in [-0.3, -0.25) is 23.5 Å². The molecule has 1 heterocycles. The zero-order valence-electron chi connectivity index (χ0n) is 18.1. The first-order valence-electron chi connectivity index (χ1n) is 11.3. The van der Waals surface area contributed by atoms with Crippen molar-refractivity contribution in [3.63, 3.8) is 0 Å². The fraction of sp³-hybridized carbons (Fsp3) is 0.400. The van der Waals surface area contributed by atoms with Gasteiger partial charge in [0, 0.05) is 11.1 Å². The number of carbonyl (C=O) groups is 1. The lowest BCUT2D eigenvalue weighted by molar-refractivity contribution is -0.122. The smallest absolute Gasteiger partial charge is 0.317 e. The molecule has 0 atom stereocenters. The van der Waals surface area contributed by atoms with E-state index in [1.807, 2.05) is 30.3 Å². The van der Waals surface area contributed by atoms with Crippen LogP contribution in [0.15, 0.2) is 58.1 Å². The summed E-state index contributed by atoms with van der Waals surface area (Å²) in [6.45, 7) is 0.0652. The van der Waals surface area contributed by atoms with Gasteiger partial charge in [-0.05, 0) is 36.6 Å². The largest absolute Gasteiger partial charge is 0.352 e. The lowest BCUT2D eigenvalue weighted by Crippen LogP contribution is -2.45. The Kier molecular flexibility index (Phi) is 7.10. The van der Waals surface area contributed by atoms with Gasteiger partial charge in [-0.15, -0.1) is 0 Å². The van der Waals surface area contributed by atoms with Crippen LogP contribution in [-0.4, -0.2) is 21.1 Å². The molecular formula is C25H28ClN3O3. The van der Waals surface area contributed by atoms with Gasteiger partial charge in [-0.2, -0.15) is 0 Å². The normalized spacial score (nSPS) is 15.3. The molecular weight excluding hydrogens is 426 g/mol. The van der Waals surface area contributed by atoms with Crippen LogP contribution in [0.5, 0.6) is 0 Å². The number of amides is 1. The number of nitrogens with zero attached hydrogens (tertiary/aromatic N) is 2. The summed E-state index contributed by atoms with van der Waals surface area (Å²) in [4.78, 5) is 38.9. The fourth-order valence-corrected chi connectivity index (χ4v) is 4.65. The number of rotatable bonds is 5. The maximum Gasteiger partial charge on any atom is 0.317 e. The van der Waals surface area contributed by atoms with Crippen LogP contribution in [-0.2, 0) is 17.9 Å². The number of benzene rings is 2. The van der Waals surface area contributed by atoms with Crippen LogP contribution >= 0.6 is 11.6 Å². The minimum absolute atomic E-state index is 0.117. The quantitative estimate of drug-likeness (QED) is 0.591. The second-order valence-corrected chi connectivity index (χ2v) is 8.95. The highest BCUT2D eigenvalue weighted by Gasteiger charge is 2.19. The van der Waals surface area contributed by atoms with Crippen molar-refractivity contribution in [2.45, 2.75) is 64.1 Å². The third kappa shape index (κ3) is 5.13. The Hall–Kier alpha value is -2.86. The van der Waals surface area contributed by atoms with Gasteiger partial charge in [0.1, 0.15) is 6.54 Å². The molecule has 4 rings (SSSR count). The first-order valence-corrected chi connectivity index (χ1v) is 11.7. The molecule has 168 valence electrons. The van der Waals surface area contributed by atoms with E-state index in [0.717, 1.165) is 31.2 Å². The molecule has 0 spiro atoms. The van der Waals surface area contributed by atoms with Gasteiger partial charge in [-0.1, -0.05) is 74.0 Å². The molecule has 1 fully saturated rings. The Morgan fingerprint density at radius 3 is 2.25 bits per heavy atom. The molecule has 1 N–H and O–H groups in total. The van der Waals surface area contributed by atoms with Crippen molar-refractivity contribution >= 4 is 28.5 Å². The molecule has 1 aromatic heterocycles. The highest BCUT2D eigenvalue weighted by Crippen LogP contribution is 2.19.